The fourth-order valence-electron chi connectivity index (χ4n) is 3.04. The van der Waals surface area contributed by atoms with Crippen LogP contribution in [0, 0.1) is 5.41 Å². The highest BCUT2D eigenvalue weighted by Crippen LogP contribution is 2.23. The third-order valence-electron chi connectivity index (χ3n) is 5.15. The summed E-state index contributed by atoms with van der Waals surface area (Å²) in [5.74, 6) is -2.91. The molecule has 2 N–H and O–H groups in total. The summed E-state index contributed by atoms with van der Waals surface area (Å²) in [7, 11) is -4.88. The van der Waals surface area contributed by atoms with Crippen LogP contribution in [0.5, 0.6) is 0 Å². The lowest BCUT2D eigenvalue weighted by atomic mass is 9.92. The Labute approximate surface area is 189 Å². The molecule has 1 aliphatic heterocycles. The number of aliphatic hydroxyl groups excluding tert-OH is 1. The lowest BCUT2D eigenvalue weighted by Crippen LogP contribution is -2.42. The molecule has 0 amide bonds. The van der Waals surface area contributed by atoms with Crippen LogP contribution < -0.4 is 0 Å². The SMILES string of the molecule is C/C=C/CCCCCCCCC(=O)OCC1(CO)COC(=O)CC(S(=O)(=O)O)C(=O)OC1. The van der Waals surface area contributed by atoms with Crippen molar-refractivity contribution >= 4 is 28.0 Å². The molecule has 1 saturated heterocycles. The number of esters is 3. The molecule has 32 heavy (non-hydrogen) atoms. The van der Waals surface area contributed by atoms with Crippen LogP contribution in [0.2, 0.25) is 0 Å². The molecule has 10 nitrogen and oxygen atoms in total. The van der Waals surface area contributed by atoms with Crippen molar-refractivity contribution in [1.82, 2.24) is 0 Å². The van der Waals surface area contributed by atoms with Crippen LogP contribution in [0.1, 0.15) is 64.7 Å². The topological polar surface area (TPSA) is 154 Å². The Kier molecular flexibility index (Phi) is 12.5. The number of allylic oxidation sites excluding steroid dienone is 2. The zero-order valence-corrected chi connectivity index (χ0v) is 19.3. The molecule has 0 spiro atoms. The van der Waals surface area contributed by atoms with E-state index in [9.17, 15) is 27.9 Å². The molecular formula is C21H34O10S. The zero-order chi connectivity index (χ0) is 24.0. The Morgan fingerprint density at radius 1 is 1.12 bits per heavy atom. The van der Waals surface area contributed by atoms with Crippen molar-refractivity contribution < 1.29 is 46.7 Å². The first-order valence-electron chi connectivity index (χ1n) is 10.8. The maximum absolute atomic E-state index is 12.0. The smallest absolute Gasteiger partial charge is 0.327 e. The van der Waals surface area contributed by atoms with Crippen molar-refractivity contribution in [2.24, 2.45) is 5.41 Å². The number of hydrogen-bond donors (Lipinski definition) is 2. The van der Waals surface area contributed by atoms with Gasteiger partial charge in [-0.25, -0.2) is 0 Å². The second-order valence-corrected chi connectivity index (χ2v) is 9.62. The molecule has 184 valence electrons. The first-order valence-corrected chi connectivity index (χ1v) is 12.3. The van der Waals surface area contributed by atoms with Crippen LogP contribution in [-0.4, -0.2) is 67.7 Å². The first-order chi connectivity index (χ1) is 15.1. The normalized spacial score (nSPS) is 22.5. The van der Waals surface area contributed by atoms with Gasteiger partial charge in [0.15, 0.2) is 5.25 Å². The fraction of sp³-hybridized carbons (Fsp3) is 0.762. The third kappa shape index (κ3) is 10.6. The molecule has 1 heterocycles. The zero-order valence-electron chi connectivity index (χ0n) is 18.5. The average molecular weight is 479 g/mol. The summed E-state index contributed by atoms with van der Waals surface area (Å²) in [6.07, 6.45) is 10.5. The van der Waals surface area contributed by atoms with Gasteiger partial charge in [-0.1, -0.05) is 37.8 Å². The van der Waals surface area contributed by atoms with E-state index in [0.717, 1.165) is 38.5 Å². The lowest BCUT2D eigenvalue weighted by molar-refractivity contribution is -0.161. The van der Waals surface area contributed by atoms with E-state index in [2.05, 4.69) is 6.08 Å². The summed E-state index contributed by atoms with van der Waals surface area (Å²) < 4.78 is 46.8. The molecule has 11 heteroatoms. The Balaban J connectivity index is 2.47. The molecule has 1 aliphatic rings. The minimum absolute atomic E-state index is 0.185. The van der Waals surface area contributed by atoms with Crippen molar-refractivity contribution in [1.29, 1.82) is 0 Å². The van der Waals surface area contributed by atoms with E-state index in [1.54, 1.807) is 0 Å². The molecule has 2 atom stereocenters. The van der Waals surface area contributed by atoms with Crippen molar-refractivity contribution in [3.63, 3.8) is 0 Å². The van der Waals surface area contributed by atoms with Gasteiger partial charge in [0, 0.05) is 6.42 Å². The highest BCUT2D eigenvalue weighted by Gasteiger charge is 2.42. The van der Waals surface area contributed by atoms with Crippen molar-refractivity contribution in [3.05, 3.63) is 12.2 Å². The predicted molar refractivity (Wildman–Crippen MR) is 114 cm³/mol. The molecule has 0 aliphatic carbocycles. The van der Waals surface area contributed by atoms with Crippen molar-refractivity contribution in [2.45, 2.75) is 70.0 Å². The van der Waals surface area contributed by atoms with Gasteiger partial charge in [0.1, 0.15) is 19.8 Å². The molecule has 0 saturated carbocycles. The van der Waals surface area contributed by atoms with E-state index in [4.69, 9.17) is 18.8 Å². The standard InChI is InChI=1S/C21H34O10S/c1-2-3-4-5-6-7-8-9-10-11-18(23)29-14-21(13-22)15-30-19(24)12-17(32(26,27)28)20(25)31-16-21/h2-3,17,22H,4-16H2,1H3,(H,26,27,28)/b3-2+. The Hall–Kier alpha value is -1.98. The number of rotatable bonds is 13. The van der Waals surface area contributed by atoms with E-state index in [1.165, 1.54) is 0 Å². The van der Waals surface area contributed by atoms with E-state index < -0.39 is 64.9 Å². The van der Waals surface area contributed by atoms with Crippen LogP contribution in [-0.2, 0) is 38.7 Å². The van der Waals surface area contributed by atoms with Crippen LogP contribution in [0.15, 0.2) is 12.2 Å². The molecule has 1 fully saturated rings. The van der Waals surface area contributed by atoms with Crippen molar-refractivity contribution in [3.8, 4) is 0 Å². The average Bonchev–Trinajstić information content (AvgIpc) is 2.80. The van der Waals surface area contributed by atoms with Crippen LogP contribution in [0.25, 0.3) is 0 Å². The van der Waals surface area contributed by atoms with Crippen LogP contribution in [0.3, 0.4) is 0 Å². The summed E-state index contributed by atoms with van der Waals surface area (Å²) in [5, 5.41) is 7.65. The number of cyclic esters (lactones) is 2. The fourth-order valence-corrected chi connectivity index (χ4v) is 3.70. The second kappa shape index (κ2) is 14.2. The van der Waals surface area contributed by atoms with Gasteiger partial charge in [-0.2, -0.15) is 8.42 Å². The first kappa shape index (κ1) is 28.1. The Bertz CT molecular complexity index is 746. The van der Waals surface area contributed by atoms with E-state index in [1.807, 2.05) is 13.0 Å². The van der Waals surface area contributed by atoms with Gasteiger partial charge < -0.3 is 19.3 Å². The van der Waals surface area contributed by atoms with E-state index >= 15 is 0 Å². The highest BCUT2D eigenvalue weighted by molar-refractivity contribution is 7.87. The summed E-state index contributed by atoms with van der Waals surface area (Å²) in [5.41, 5.74) is -1.43. The predicted octanol–water partition coefficient (Wildman–Crippen LogP) is 1.95. The summed E-state index contributed by atoms with van der Waals surface area (Å²) in [6.45, 7) is -0.0379. The number of aliphatic hydroxyl groups is 1. The number of unbranched alkanes of at least 4 members (excludes halogenated alkanes) is 6. The van der Waals surface area contributed by atoms with E-state index in [-0.39, 0.29) is 13.0 Å². The quantitative estimate of drug-likeness (QED) is 0.132. The molecule has 2 unspecified atom stereocenters. The summed E-state index contributed by atoms with van der Waals surface area (Å²) >= 11 is 0. The molecule has 0 radical (unpaired) electrons. The van der Waals surface area contributed by atoms with Crippen molar-refractivity contribution in [2.75, 3.05) is 26.4 Å². The van der Waals surface area contributed by atoms with Gasteiger partial charge in [-0.15, -0.1) is 0 Å². The minimum Gasteiger partial charge on any atom is -0.465 e. The number of carbonyl (C=O) groups excluding carboxylic acids is 3. The molecule has 0 bridgehead atoms. The molecule has 0 aromatic heterocycles. The van der Waals surface area contributed by atoms with Gasteiger partial charge in [-0.05, 0) is 26.2 Å². The van der Waals surface area contributed by atoms with Crippen LogP contribution >= 0.6 is 0 Å². The molecule has 0 aromatic carbocycles. The maximum atomic E-state index is 12.0. The minimum atomic E-state index is -4.88. The summed E-state index contributed by atoms with van der Waals surface area (Å²) in [6, 6.07) is 0. The molecule has 0 aromatic rings. The maximum Gasteiger partial charge on any atom is 0.327 e. The Morgan fingerprint density at radius 2 is 1.75 bits per heavy atom. The third-order valence-corrected chi connectivity index (χ3v) is 6.22. The monoisotopic (exact) mass is 478 g/mol. The van der Waals surface area contributed by atoms with Crippen LogP contribution in [0.4, 0.5) is 0 Å². The summed E-state index contributed by atoms with van der Waals surface area (Å²) in [4.78, 5) is 35.9. The number of hydrogen-bond acceptors (Lipinski definition) is 9. The van der Waals surface area contributed by atoms with E-state index in [0.29, 0.717) is 6.42 Å². The second-order valence-electron chi connectivity index (χ2n) is 8.02. The number of ether oxygens (including phenoxy) is 3. The van der Waals surface area contributed by atoms with Gasteiger partial charge in [0.2, 0.25) is 0 Å². The van der Waals surface area contributed by atoms with Gasteiger partial charge >= 0.3 is 17.9 Å². The molecular weight excluding hydrogens is 444 g/mol. The largest absolute Gasteiger partial charge is 0.465 e. The van der Waals surface area contributed by atoms with Gasteiger partial charge in [-0.3, -0.25) is 18.9 Å². The highest BCUT2D eigenvalue weighted by atomic mass is 32.2. The lowest BCUT2D eigenvalue weighted by Gasteiger charge is -2.29. The van der Waals surface area contributed by atoms with Gasteiger partial charge in [0.25, 0.3) is 10.1 Å². The molecule has 1 rings (SSSR count). The van der Waals surface area contributed by atoms with Gasteiger partial charge in [0.05, 0.1) is 18.4 Å². The number of carbonyl (C=O) groups is 3. The Morgan fingerprint density at radius 3 is 2.38 bits per heavy atom.